The van der Waals surface area contributed by atoms with Crippen molar-refractivity contribution in [3.05, 3.63) is 46.7 Å². The van der Waals surface area contributed by atoms with E-state index in [2.05, 4.69) is 15.3 Å². The van der Waals surface area contributed by atoms with Gasteiger partial charge in [-0.2, -0.15) is 0 Å². The van der Waals surface area contributed by atoms with Crippen LogP contribution in [0.4, 0.5) is 0 Å². The minimum atomic E-state index is -0.192. The van der Waals surface area contributed by atoms with Crippen LogP contribution in [0.5, 0.6) is 0 Å². The summed E-state index contributed by atoms with van der Waals surface area (Å²) in [5.74, 6) is 0.263. The summed E-state index contributed by atoms with van der Waals surface area (Å²) in [5, 5.41) is 5.95. The van der Waals surface area contributed by atoms with E-state index >= 15 is 0 Å². The van der Waals surface area contributed by atoms with Gasteiger partial charge in [0, 0.05) is 37.5 Å². The van der Waals surface area contributed by atoms with Crippen LogP contribution in [0.3, 0.4) is 0 Å². The molecule has 0 spiro atoms. The number of hydrogen-bond donors (Lipinski definition) is 1. The van der Waals surface area contributed by atoms with E-state index in [0.717, 1.165) is 24.3 Å². The molecule has 2 saturated heterocycles. The SMILES string of the molecule is O=C(NC(c1nccs1)C1CCN(C(=O)C2CCOC2)CC1)c1ccccn1. The molecule has 0 radical (unpaired) electrons. The Balaban J connectivity index is 1.42. The molecule has 2 atom stereocenters. The summed E-state index contributed by atoms with van der Waals surface area (Å²) in [6.45, 7) is 2.64. The number of thiazole rings is 1. The topological polar surface area (TPSA) is 84.4 Å². The minimum absolute atomic E-state index is 0.00941. The van der Waals surface area contributed by atoms with Gasteiger partial charge in [0.15, 0.2) is 0 Å². The zero-order valence-electron chi connectivity index (χ0n) is 15.6. The van der Waals surface area contributed by atoms with Crippen molar-refractivity contribution < 1.29 is 14.3 Å². The highest BCUT2D eigenvalue weighted by atomic mass is 32.1. The molecule has 8 heteroatoms. The van der Waals surface area contributed by atoms with Gasteiger partial charge in [-0.3, -0.25) is 14.6 Å². The lowest BCUT2D eigenvalue weighted by molar-refractivity contribution is -0.137. The predicted octanol–water partition coefficient (Wildman–Crippen LogP) is 2.28. The van der Waals surface area contributed by atoms with Crippen LogP contribution < -0.4 is 5.32 Å². The van der Waals surface area contributed by atoms with E-state index in [1.165, 1.54) is 0 Å². The molecule has 2 fully saturated rings. The number of aromatic nitrogens is 2. The second-order valence-corrected chi connectivity index (χ2v) is 8.19. The summed E-state index contributed by atoms with van der Waals surface area (Å²) in [5.41, 5.74) is 0.401. The van der Waals surface area contributed by atoms with Crippen LogP contribution in [0.25, 0.3) is 0 Å². The summed E-state index contributed by atoms with van der Waals surface area (Å²) >= 11 is 1.55. The molecular weight excluding hydrogens is 376 g/mol. The van der Waals surface area contributed by atoms with E-state index in [-0.39, 0.29) is 29.7 Å². The summed E-state index contributed by atoms with van der Waals surface area (Å²) < 4.78 is 5.36. The number of piperidine rings is 1. The fraction of sp³-hybridized carbons (Fsp3) is 0.500. The summed E-state index contributed by atoms with van der Waals surface area (Å²) in [4.78, 5) is 35.8. The normalized spacial score (nSPS) is 21.4. The number of nitrogens with zero attached hydrogens (tertiary/aromatic N) is 3. The standard InChI is InChI=1S/C20H24N4O3S/c25-18(16-3-1-2-7-21-16)23-17(19-22-8-12-28-19)14-4-9-24(10-5-14)20(26)15-6-11-27-13-15/h1-3,7-8,12,14-15,17H,4-6,9-11,13H2,(H,23,25). The Bertz CT molecular complexity index is 785. The first kappa shape index (κ1) is 19.0. The highest BCUT2D eigenvalue weighted by Gasteiger charge is 2.34. The van der Waals surface area contributed by atoms with Gasteiger partial charge in [-0.25, -0.2) is 4.98 Å². The van der Waals surface area contributed by atoms with E-state index in [0.29, 0.717) is 32.0 Å². The minimum Gasteiger partial charge on any atom is -0.381 e. The van der Waals surface area contributed by atoms with Gasteiger partial charge in [0.2, 0.25) is 5.91 Å². The van der Waals surface area contributed by atoms with E-state index < -0.39 is 0 Å². The molecule has 28 heavy (non-hydrogen) atoms. The fourth-order valence-corrected chi connectivity index (χ4v) is 4.70. The van der Waals surface area contributed by atoms with Gasteiger partial charge in [0.05, 0.1) is 18.6 Å². The van der Waals surface area contributed by atoms with Crippen LogP contribution >= 0.6 is 11.3 Å². The smallest absolute Gasteiger partial charge is 0.270 e. The maximum atomic E-state index is 12.7. The molecule has 2 unspecified atom stereocenters. The molecular formula is C20H24N4O3S. The van der Waals surface area contributed by atoms with Crippen molar-refractivity contribution in [1.82, 2.24) is 20.2 Å². The number of pyridine rings is 1. The largest absolute Gasteiger partial charge is 0.381 e. The predicted molar refractivity (Wildman–Crippen MR) is 105 cm³/mol. The van der Waals surface area contributed by atoms with Crippen molar-refractivity contribution >= 4 is 23.2 Å². The summed E-state index contributed by atoms with van der Waals surface area (Å²) in [7, 11) is 0. The third-order valence-electron chi connectivity index (χ3n) is 5.50. The van der Waals surface area contributed by atoms with E-state index in [9.17, 15) is 9.59 Å². The molecule has 2 aromatic heterocycles. The summed E-state index contributed by atoms with van der Waals surface area (Å²) in [6.07, 6.45) is 5.88. The van der Waals surface area contributed by atoms with Crippen LogP contribution in [0.2, 0.25) is 0 Å². The number of carbonyl (C=O) groups is 2. The Kier molecular flexibility index (Phi) is 5.97. The number of rotatable bonds is 5. The first-order chi connectivity index (χ1) is 13.7. The monoisotopic (exact) mass is 400 g/mol. The third-order valence-corrected chi connectivity index (χ3v) is 6.36. The van der Waals surface area contributed by atoms with E-state index in [1.807, 2.05) is 10.3 Å². The molecule has 0 aromatic carbocycles. The quantitative estimate of drug-likeness (QED) is 0.832. The zero-order chi connectivity index (χ0) is 19.3. The average molecular weight is 401 g/mol. The molecule has 7 nitrogen and oxygen atoms in total. The van der Waals surface area contributed by atoms with Gasteiger partial charge < -0.3 is 15.0 Å². The second kappa shape index (κ2) is 8.79. The molecule has 2 aliphatic rings. The highest BCUT2D eigenvalue weighted by molar-refractivity contribution is 7.09. The van der Waals surface area contributed by atoms with Gasteiger partial charge in [0.25, 0.3) is 5.91 Å². The first-order valence-electron chi connectivity index (χ1n) is 9.70. The van der Waals surface area contributed by atoms with E-state index in [1.54, 1.807) is 41.9 Å². The van der Waals surface area contributed by atoms with Gasteiger partial charge >= 0.3 is 0 Å². The molecule has 4 heterocycles. The Labute approximate surface area is 168 Å². The van der Waals surface area contributed by atoms with Gasteiger partial charge in [-0.05, 0) is 37.3 Å². The Morgan fingerprint density at radius 2 is 2.04 bits per heavy atom. The molecule has 0 saturated carbocycles. The molecule has 0 bridgehead atoms. The van der Waals surface area contributed by atoms with Crippen LogP contribution in [0, 0.1) is 11.8 Å². The number of likely N-dealkylation sites (tertiary alicyclic amines) is 1. The molecule has 2 aromatic rings. The molecule has 0 aliphatic carbocycles. The number of ether oxygens (including phenoxy) is 1. The lowest BCUT2D eigenvalue weighted by atomic mass is 9.88. The van der Waals surface area contributed by atoms with Crippen LogP contribution in [-0.2, 0) is 9.53 Å². The zero-order valence-corrected chi connectivity index (χ0v) is 16.4. The number of carbonyl (C=O) groups excluding carboxylic acids is 2. The molecule has 2 amide bonds. The van der Waals surface area contributed by atoms with Crippen LogP contribution in [0.1, 0.15) is 40.8 Å². The van der Waals surface area contributed by atoms with E-state index in [4.69, 9.17) is 4.74 Å². The molecule has 4 rings (SSSR count). The Morgan fingerprint density at radius 3 is 2.68 bits per heavy atom. The second-order valence-electron chi connectivity index (χ2n) is 7.26. The summed E-state index contributed by atoms with van der Waals surface area (Å²) in [6, 6.07) is 5.13. The van der Waals surface area contributed by atoms with Crippen molar-refractivity contribution in [2.75, 3.05) is 26.3 Å². The molecule has 1 N–H and O–H groups in total. The van der Waals surface area contributed by atoms with Crippen molar-refractivity contribution in [2.45, 2.75) is 25.3 Å². The number of nitrogens with one attached hydrogen (secondary N) is 1. The van der Waals surface area contributed by atoms with Gasteiger partial charge in [-0.15, -0.1) is 11.3 Å². The fourth-order valence-electron chi connectivity index (χ4n) is 3.92. The van der Waals surface area contributed by atoms with Crippen molar-refractivity contribution in [1.29, 1.82) is 0 Å². The molecule has 2 aliphatic heterocycles. The van der Waals surface area contributed by atoms with Gasteiger partial charge in [-0.1, -0.05) is 6.07 Å². The van der Waals surface area contributed by atoms with Crippen LogP contribution in [0.15, 0.2) is 36.0 Å². The third kappa shape index (κ3) is 4.23. The number of hydrogen-bond acceptors (Lipinski definition) is 6. The Morgan fingerprint density at radius 1 is 1.18 bits per heavy atom. The van der Waals surface area contributed by atoms with Crippen molar-refractivity contribution in [2.24, 2.45) is 11.8 Å². The Hall–Kier alpha value is -2.32. The maximum Gasteiger partial charge on any atom is 0.270 e. The number of amides is 2. The highest BCUT2D eigenvalue weighted by Crippen LogP contribution is 2.33. The van der Waals surface area contributed by atoms with Crippen molar-refractivity contribution in [3.63, 3.8) is 0 Å². The lowest BCUT2D eigenvalue weighted by Gasteiger charge is -2.36. The van der Waals surface area contributed by atoms with Crippen molar-refractivity contribution in [3.8, 4) is 0 Å². The molecule has 148 valence electrons. The van der Waals surface area contributed by atoms with Crippen LogP contribution in [-0.4, -0.2) is 53.0 Å². The lowest BCUT2D eigenvalue weighted by Crippen LogP contribution is -2.45. The van der Waals surface area contributed by atoms with Gasteiger partial charge in [0.1, 0.15) is 10.7 Å². The first-order valence-corrected chi connectivity index (χ1v) is 10.6. The maximum absolute atomic E-state index is 12.7. The average Bonchev–Trinajstić information content (AvgIpc) is 3.46.